The van der Waals surface area contributed by atoms with Crippen molar-refractivity contribution in [2.45, 2.75) is 51.4 Å². The second-order valence-electron chi connectivity index (χ2n) is 3.62. The second-order valence-corrected chi connectivity index (χ2v) is 3.62. The van der Waals surface area contributed by atoms with Crippen LogP contribution in [0.1, 0.15) is 51.4 Å². The number of allylic oxidation sites excluding steroid dienone is 1. The largest absolute Gasteiger partial charge is 0.359 e. The minimum Gasteiger partial charge on any atom is -0.359 e. The predicted molar refractivity (Wildman–Crippen MR) is 61.2 cm³/mol. The molecule has 0 aromatic heterocycles. The summed E-state index contributed by atoms with van der Waals surface area (Å²) in [5, 5.41) is 2.68. The first-order chi connectivity index (χ1) is 6.91. The Morgan fingerprint density at radius 3 is 2.07 bits per heavy atom. The lowest BCUT2D eigenvalue weighted by molar-refractivity contribution is -0.109. The van der Waals surface area contributed by atoms with E-state index < -0.39 is 0 Å². The summed E-state index contributed by atoms with van der Waals surface area (Å²) in [5.74, 6) is 0. The van der Waals surface area contributed by atoms with Crippen LogP contribution in [0.25, 0.3) is 0 Å². The molecule has 0 aromatic rings. The number of unbranched alkanes of at least 4 members (excludes halogenated alkanes) is 7. The molecule has 0 aliphatic carbocycles. The van der Waals surface area contributed by atoms with Crippen molar-refractivity contribution in [2.75, 3.05) is 6.54 Å². The highest BCUT2D eigenvalue weighted by Crippen LogP contribution is 2.08. The fourth-order valence-electron chi connectivity index (χ4n) is 1.46. The molecule has 0 saturated carbocycles. The first kappa shape index (κ1) is 13.2. The number of carbonyl (C=O) groups is 1. The maximum atomic E-state index is 9.92. The van der Waals surface area contributed by atoms with Crippen molar-refractivity contribution < 1.29 is 4.79 Å². The highest BCUT2D eigenvalue weighted by atomic mass is 16.1. The third kappa shape index (κ3) is 11.2. The Balaban J connectivity index is 2.84. The fourth-order valence-corrected chi connectivity index (χ4v) is 1.46. The van der Waals surface area contributed by atoms with E-state index >= 15 is 0 Å². The summed E-state index contributed by atoms with van der Waals surface area (Å²) in [6, 6.07) is 0. The van der Waals surface area contributed by atoms with E-state index in [0.29, 0.717) is 0 Å². The van der Waals surface area contributed by atoms with Gasteiger partial charge in [0.25, 0.3) is 0 Å². The zero-order valence-electron chi connectivity index (χ0n) is 9.13. The van der Waals surface area contributed by atoms with Crippen LogP contribution in [0, 0.1) is 0 Å². The molecule has 0 heterocycles. The standard InChI is InChI=1S/C12H23NO/c1-2-3-4-5-6-7-8-9-10-11-13-12-14/h2,12H,1,3-11H2,(H,13,14). The molecule has 0 saturated heterocycles. The molecule has 2 heteroatoms. The van der Waals surface area contributed by atoms with Crippen LogP contribution in [-0.4, -0.2) is 13.0 Å². The van der Waals surface area contributed by atoms with E-state index in [-0.39, 0.29) is 0 Å². The minimum atomic E-state index is 0.773. The van der Waals surface area contributed by atoms with Crippen molar-refractivity contribution in [1.29, 1.82) is 0 Å². The van der Waals surface area contributed by atoms with Crippen LogP contribution in [0.5, 0.6) is 0 Å². The van der Waals surface area contributed by atoms with Gasteiger partial charge in [-0.25, -0.2) is 0 Å². The average Bonchev–Trinajstić information content (AvgIpc) is 2.21. The zero-order chi connectivity index (χ0) is 10.5. The van der Waals surface area contributed by atoms with E-state index in [2.05, 4.69) is 11.9 Å². The molecule has 82 valence electrons. The van der Waals surface area contributed by atoms with E-state index in [1.807, 2.05) is 6.08 Å². The van der Waals surface area contributed by atoms with Gasteiger partial charge in [-0.15, -0.1) is 6.58 Å². The molecule has 0 aliphatic rings. The SMILES string of the molecule is C=CCCCCCCCCCNC=O. The molecule has 1 amide bonds. The van der Waals surface area contributed by atoms with Crippen LogP contribution in [0.3, 0.4) is 0 Å². The molecule has 0 unspecified atom stereocenters. The highest BCUT2D eigenvalue weighted by Gasteiger charge is 1.90. The maximum absolute atomic E-state index is 9.92. The van der Waals surface area contributed by atoms with Gasteiger partial charge in [0.1, 0.15) is 0 Å². The van der Waals surface area contributed by atoms with Gasteiger partial charge in [0.2, 0.25) is 6.41 Å². The number of carbonyl (C=O) groups excluding carboxylic acids is 1. The maximum Gasteiger partial charge on any atom is 0.207 e. The van der Waals surface area contributed by atoms with Crippen molar-refractivity contribution in [2.24, 2.45) is 0 Å². The zero-order valence-corrected chi connectivity index (χ0v) is 9.13. The van der Waals surface area contributed by atoms with E-state index in [9.17, 15) is 4.79 Å². The van der Waals surface area contributed by atoms with Crippen LogP contribution in [0.4, 0.5) is 0 Å². The Kier molecular flexibility index (Phi) is 11.5. The molecular weight excluding hydrogens is 174 g/mol. The lowest BCUT2D eigenvalue weighted by atomic mass is 10.1. The molecule has 0 radical (unpaired) electrons. The first-order valence-electron chi connectivity index (χ1n) is 5.69. The Labute approximate surface area is 87.8 Å². The Morgan fingerprint density at radius 1 is 0.929 bits per heavy atom. The molecule has 0 aromatic carbocycles. The monoisotopic (exact) mass is 197 g/mol. The van der Waals surface area contributed by atoms with Crippen LogP contribution in [-0.2, 0) is 4.79 Å². The normalized spacial score (nSPS) is 9.71. The Morgan fingerprint density at radius 2 is 1.50 bits per heavy atom. The molecular formula is C12H23NO. The van der Waals surface area contributed by atoms with Crippen molar-refractivity contribution >= 4 is 6.41 Å². The van der Waals surface area contributed by atoms with Crippen LogP contribution in [0.2, 0.25) is 0 Å². The minimum absolute atomic E-state index is 0.773. The molecule has 0 spiro atoms. The van der Waals surface area contributed by atoms with Crippen LogP contribution in [0.15, 0.2) is 12.7 Å². The summed E-state index contributed by atoms with van der Waals surface area (Å²) >= 11 is 0. The number of amides is 1. The topological polar surface area (TPSA) is 29.1 Å². The summed E-state index contributed by atoms with van der Waals surface area (Å²) in [5.41, 5.74) is 0. The lowest BCUT2D eigenvalue weighted by Gasteiger charge is -2.00. The summed E-state index contributed by atoms with van der Waals surface area (Å²) < 4.78 is 0. The Hall–Kier alpha value is -0.790. The van der Waals surface area contributed by atoms with Crippen molar-refractivity contribution in [3.8, 4) is 0 Å². The third-order valence-electron chi connectivity index (χ3n) is 2.31. The quantitative estimate of drug-likeness (QED) is 0.308. The molecule has 0 aliphatic heterocycles. The van der Waals surface area contributed by atoms with E-state index in [1.54, 1.807) is 0 Å². The van der Waals surface area contributed by atoms with E-state index in [0.717, 1.165) is 25.8 Å². The van der Waals surface area contributed by atoms with E-state index in [4.69, 9.17) is 0 Å². The summed E-state index contributed by atoms with van der Waals surface area (Å²) in [6.45, 7) is 4.53. The number of hydrogen-bond acceptors (Lipinski definition) is 1. The smallest absolute Gasteiger partial charge is 0.207 e. The summed E-state index contributed by atoms with van der Waals surface area (Å²) in [6.07, 6.45) is 12.9. The molecule has 0 rings (SSSR count). The molecule has 1 N–H and O–H groups in total. The molecule has 0 bridgehead atoms. The van der Waals surface area contributed by atoms with Crippen molar-refractivity contribution in [3.05, 3.63) is 12.7 Å². The van der Waals surface area contributed by atoms with E-state index in [1.165, 1.54) is 38.5 Å². The first-order valence-corrected chi connectivity index (χ1v) is 5.69. The van der Waals surface area contributed by atoms with Crippen molar-refractivity contribution in [1.82, 2.24) is 5.32 Å². The molecule has 14 heavy (non-hydrogen) atoms. The number of hydrogen-bond donors (Lipinski definition) is 1. The van der Waals surface area contributed by atoms with Gasteiger partial charge in [0.15, 0.2) is 0 Å². The average molecular weight is 197 g/mol. The molecule has 2 nitrogen and oxygen atoms in total. The van der Waals surface area contributed by atoms with Crippen LogP contribution >= 0.6 is 0 Å². The van der Waals surface area contributed by atoms with Gasteiger partial charge in [-0.1, -0.05) is 38.2 Å². The van der Waals surface area contributed by atoms with Gasteiger partial charge in [-0.05, 0) is 19.3 Å². The van der Waals surface area contributed by atoms with Gasteiger partial charge in [0.05, 0.1) is 0 Å². The Bertz CT molecular complexity index is 118. The summed E-state index contributed by atoms with van der Waals surface area (Å²) in [4.78, 5) is 9.92. The highest BCUT2D eigenvalue weighted by molar-refractivity contribution is 5.45. The van der Waals surface area contributed by atoms with Crippen molar-refractivity contribution in [3.63, 3.8) is 0 Å². The third-order valence-corrected chi connectivity index (χ3v) is 2.31. The fraction of sp³-hybridized carbons (Fsp3) is 0.750. The van der Waals surface area contributed by atoms with Crippen LogP contribution < -0.4 is 5.32 Å². The van der Waals surface area contributed by atoms with Gasteiger partial charge in [0, 0.05) is 6.54 Å². The van der Waals surface area contributed by atoms with Gasteiger partial charge in [-0.3, -0.25) is 4.79 Å². The second kappa shape index (κ2) is 12.2. The molecule has 0 atom stereocenters. The van der Waals surface area contributed by atoms with Gasteiger partial charge in [-0.2, -0.15) is 0 Å². The van der Waals surface area contributed by atoms with Gasteiger partial charge < -0.3 is 5.32 Å². The summed E-state index contributed by atoms with van der Waals surface area (Å²) in [7, 11) is 0. The predicted octanol–water partition coefficient (Wildman–Crippen LogP) is 3.04. The molecule has 0 fully saturated rings. The number of nitrogens with one attached hydrogen (secondary N) is 1. The lowest BCUT2D eigenvalue weighted by Crippen LogP contribution is -2.11. The number of rotatable bonds is 11. The van der Waals surface area contributed by atoms with Gasteiger partial charge >= 0.3 is 0 Å².